The Labute approximate surface area is 115 Å². The van der Waals surface area contributed by atoms with Crippen LogP contribution in [0.4, 0.5) is 0 Å². The smallest absolute Gasteiger partial charge is 0.328 e. The summed E-state index contributed by atoms with van der Waals surface area (Å²) in [6.07, 6.45) is 3.36. The van der Waals surface area contributed by atoms with Crippen LogP contribution >= 0.6 is 0 Å². The van der Waals surface area contributed by atoms with Crippen molar-refractivity contribution >= 4 is 11.9 Å². The van der Waals surface area contributed by atoms with E-state index in [2.05, 4.69) is 13.8 Å². The molecule has 19 heavy (non-hydrogen) atoms. The van der Waals surface area contributed by atoms with E-state index in [0.29, 0.717) is 25.4 Å². The monoisotopic (exact) mass is 270 g/mol. The van der Waals surface area contributed by atoms with E-state index >= 15 is 0 Å². The lowest BCUT2D eigenvalue weighted by Gasteiger charge is -2.36. The number of likely N-dealkylation sites (tertiary alicyclic amines) is 1. The zero-order valence-corrected chi connectivity index (χ0v) is 12.2. The molecule has 0 aliphatic carbocycles. The summed E-state index contributed by atoms with van der Waals surface area (Å²) in [4.78, 5) is 26.0. The molecule has 1 fully saturated rings. The fourth-order valence-electron chi connectivity index (χ4n) is 2.68. The van der Waals surface area contributed by atoms with Crippen LogP contribution in [0, 0.1) is 11.8 Å². The fourth-order valence-corrected chi connectivity index (χ4v) is 2.68. The summed E-state index contributed by atoms with van der Waals surface area (Å²) >= 11 is 0. The Morgan fingerprint density at radius 1 is 1.37 bits per heavy atom. The average molecular weight is 270 g/mol. The quantitative estimate of drug-likeness (QED) is 0.761. The minimum atomic E-state index is -0.424. The third-order valence-electron chi connectivity index (χ3n) is 3.65. The number of methoxy groups -OCH3 is 1. The number of esters is 1. The molecule has 5 nitrogen and oxygen atoms in total. The van der Waals surface area contributed by atoms with Crippen LogP contribution in [0.15, 0.2) is 0 Å². The molecular weight excluding hydrogens is 244 g/mol. The Morgan fingerprint density at radius 2 is 2.05 bits per heavy atom. The van der Waals surface area contributed by atoms with Gasteiger partial charge in [0.1, 0.15) is 6.04 Å². The summed E-state index contributed by atoms with van der Waals surface area (Å²) in [5.41, 5.74) is 5.72. The van der Waals surface area contributed by atoms with E-state index in [9.17, 15) is 9.59 Å². The van der Waals surface area contributed by atoms with Crippen molar-refractivity contribution in [3.05, 3.63) is 0 Å². The van der Waals surface area contributed by atoms with Gasteiger partial charge in [-0.3, -0.25) is 4.79 Å². The summed E-state index contributed by atoms with van der Waals surface area (Å²) in [7, 11) is 1.37. The van der Waals surface area contributed by atoms with Gasteiger partial charge in [-0.05, 0) is 31.6 Å². The lowest BCUT2D eigenvalue weighted by molar-refractivity contribution is -0.156. The molecule has 0 saturated carbocycles. The number of hydrogen-bond acceptors (Lipinski definition) is 4. The van der Waals surface area contributed by atoms with Crippen LogP contribution in [0.5, 0.6) is 0 Å². The van der Waals surface area contributed by atoms with Crippen LogP contribution in [0.25, 0.3) is 0 Å². The number of ether oxygens (including phenoxy) is 1. The molecule has 1 amide bonds. The highest BCUT2D eigenvalue weighted by atomic mass is 16.5. The third kappa shape index (κ3) is 4.20. The van der Waals surface area contributed by atoms with E-state index in [1.807, 2.05) is 0 Å². The Morgan fingerprint density at radius 3 is 2.58 bits per heavy atom. The first-order chi connectivity index (χ1) is 9.01. The molecule has 1 aliphatic rings. The van der Waals surface area contributed by atoms with Crippen LogP contribution in [0.1, 0.15) is 39.5 Å². The van der Waals surface area contributed by atoms with Gasteiger partial charge >= 0.3 is 5.97 Å². The molecule has 110 valence electrons. The van der Waals surface area contributed by atoms with E-state index in [0.717, 1.165) is 19.3 Å². The molecule has 1 rings (SSSR count). The van der Waals surface area contributed by atoms with Crippen LogP contribution < -0.4 is 5.73 Å². The second kappa shape index (κ2) is 7.48. The standard InChI is InChI=1S/C14H26N2O3/c1-10(2)8-11(9-15)13(17)16-7-5-4-6-12(16)14(18)19-3/h10-12H,4-9,15H2,1-3H3. The number of carbonyl (C=O) groups excluding carboxylic acids is 2. The maximum Gasteiger partial charge on any atom is 0.328 e. The maximum absolute atomic E-state index is 12.5. The fraction of sp³-hybridized carbons (Fsp3) is 0.857. The molecule has 0 aromatic rings. The van der Waals surface area contributed by atoms with Gasteiger partial charge in [-0.15, -0.1) is 0 Å². The van der Waals surface area contributed by atoms with Gasteiger partial charge in [-0.2, -0.15) is 0 Å². The summed E-state index contributed by atoms with van der Waals surface area (Å²) in [5, 5.41) is 0. The number of nitrogens with two attached hydrogens (primary N) is 1. The minimum Gasteiger partial charge on any atom is -0.467 e. The van der Waals surface area contributed by atoms with Crippen LogP contribution in [-0.2, 0) is 14.3 Å². The first-order valence-corrected chi connectivity index (χ1v) is 7.09. The van der Waals surface area contributed by atoms with Crippen molar-refractivity contribution in [1.29, 1.82) is 0 Å². The summed E-state index contributed by atoms with van der Waals surface area (Å²) in [6.45, 7) is 5.11. The second-order valence-electron chi connectivity index (χ2n) is 5.63. The lowest BCUT2D eigenvalue weighted by Crippen LogP contribution is -2.51. The molecule has 0 bridgehead atoms. The molecule has 0 aromatic carbocycles. The minimum absolute atomic E-state index is 0.00583. The predicted octanol–water partition coefficient (Wildman–Crippen LogP) is 1.16. The third-order valence-corrected chi connectivity index (χ3v) is 3.65. The number of piperidine rings is 1. The van der Waals surface area contributed by atoms with Gasteiger partial charge in [0.05, 0.1) is 13.0 Å². The summed E-state index contributed by atoms with van der Waals surface area (Å²) in [6, 6.07) is -0.424. The van der Waals surface area contributed by atoms with Crippen molar-refractivity contribution in [2.45, 2.75) is 45.6 Å². The van der Waals surface area contributed by atoms with Gasteiger partial charge in [0.25, 0.3) is 0 Å². The Hall–Kier alpha value is -1.10. The van der Waals surface area contributed by atoms with E-state index < -0.39 is 6.04 Å². The van der Waals surface area contributed by atoms with Crippen LogP contribution in [-0.4, -0.2) is 43.0 Å². The Balaban J connectivity index is 2.78. The van der Waals surface area contributed by atoms with Gasteiger partial charge in [-0.25, -0.2) is 4.79 Å². The highest BCUT2D eigenvalue weighted by molar-refractivity contribution is 5.86. The topological polar surface area (TPSA) is 72.6 Å². The van der Waals surface area contributed by atoms with Crippen molar-refractivity contribution in [2.75, 3.05) is 20.2 Å². The number of nitrogens with zero attached hydrogens (tertiary/aromatic N) is 1. The van der Waals surface area contributed by atoms with Crippen molar-refractivity contribution in [2.24, 2.45) is 17.6 Å². The Kier molecular flexibility index (Phi) is 6.28. The first-order valence-electron chi connectivity index (χ1n) is 7.09. The summed E-state index contributed by atoms with van der Waals surface area (Å²) in [5.74, 6) is -0.0798. The first kappa shape index (κ1) is 16.0. The normalized spacial score (nSPS) is 21.3. The van der Waals surface area contributed by atoms with Crippen molar-refractivity contribution in [1.82, 2.24) is 4.90 Å². The molecule has 0 spiro atoms. The van der Waals surface area contributed by atoms with Crippen molar-refractivity contribution in [3.63, 3.8) is 0 Å². The zero-order chi connectivity index (χ0) is 14.4. The molecule has 2 unspecified atom stereocenters. The lowest BCUT2D eigenvalue weighted by atomic mass is 9.93. The van der Waals surface area contributed by atoms with Gasteiger partial charge in [0.2, 0.25) is 5.91 Å². The van der Waals surface area contributed by atoms with Crippen LogP contribution in [0.3, 0.4) is 0 Å². The molecule has 1 heterocycles. The second-order valence-corrected chi connectivity index (χ2v) is 5.63. The molecule has 2 N–H and O–H groups in total. The largest absolute Gasteiger partial charge is 0.467 e. The van der Waals surface area contributed by atoms with Gasteiger partial charge in [0.15, 0.2) is 0 Å². The number of hydrogen-bond donors (Lipinski definition) is 1. The molecule has 1 aliphatic heterocycles. The van der Waals surface area contributed by atoms with E-state index in [1.54, 1.807) is 4.90 Å². The molecule has 2 atom stereocenters. The Bertz CT molecular complexity index is 318. The molecular formula is C14H26N2O3. The summed E-state index contributed by atoms with van der Waals surface area (Å²) < 4.78 is 4.80. The molecule has 0 aromatic heterocycles. The molecule has 1 saturated heterocycles. The van der Waals surface area contributed by atoms with Gasteiger partial charge < -0.3 is 15.4 Å². The maximum atomic E-state index is 12.5. The van der Waals surface area contributed by atoms with Gasteiger partial charge in [-0.1, -0.05) is 13.8 Å². The van der Waals surface area contributed by atoms with Gasteiger partial charge in [0, 0.05) is 13.1 Å². The van der Waals surface area contributed by atoms with Crippen molar-refractivity contribution < 1.29 is 14.3 Å². The molecule has 0 radical (unpaired) electrons. The average Bonchev–Trinajstić information content (AvgIpc) is 2.42. The van der Waals surface area contributed by atoms with E-state index in [4.69, 9.17) is 10.5 Å². The highest BCUT2D eigenvalue weighted by Crippen LogP contribution is 2.22. The SMILES string of the molecule is COC(=O)C1CCCCN1C(=O)C(CN)CC(C)C. The zero-order valence-electron chi connectivity index (χ0n) is 12.2. The number of amides is 1. The van der Waals surface area contributed by atoms with E-state index in [-0.39, 0.29) is 17.8 Å². The van der Waals surface area contributed by atoms with Crippen molar-refractivity contribution in [3.8, 4) is 0 Å². The van der Waals surface area contributed by atoms with Crippen LogP contribution in [0.2, 0.25) is 0 Å². The number of rotatable bonds is 5. The molecule has 5 heteroatoms. The highest BCUT2D eigenvalue weighted by Gasteiger charge is 2.35. The predicted molar refractivity (Wildman–Crippen MR) is 73.4 cm³/mol. The van der Waals surface area contributed by atoms with E-state index in [1.165, 1.54) is 7.11 Å². The number of carbonyl (C=O) groups is 2.